The van der Waals surface area contributed by atoms with Gasteiger partial charge in [0.2, 0.25) is 5.95 Å². The summed E-state index contributed by atoms with van der Waals surface area (Å²) in [7, 11) is 0. The molecule has 0 N–H and O–H groups in total. The minimum absolute atomic E-state index is 0.649. The van der Waals surface area contributed by atoms with Gasteiger partial charge in [-0.05, 0) is 86.4 Å². The lowest BCUT2D eigenvalue weighted by molar-refractivity contribution is 1.02. The monoisotopic (exact) mass is 870 g/mol. The summed E-state index contributed by atoms with van der Waals surface area (Å²) in [6.07, 6.45) is 0. The minimum Gasteiger partial charge on any atom is -0.309 e. The molecular formula is C62H38N4S. The summed E-state index contributed by atoms with van der Waals surface area (Å²) in [6.45, 7) is 0. The van der Waals surface area contributed by atoms with E-state index in [1.165, 1.54) is 60.2 Å². The van der Waals surface area contributed by atoms with E-state index in [0.717, 1.165) is 64.8 Å². The van der Waals surface area contributed by atoms with Gasteiger partial charge < -0.3 is 4.57 Å². The number of rotatable bonds is 6. The summed E-state index contributed by atoms with van der Waals surface area (Å²) in [5.74, 6) is 0.649. The molecule has 0 atom stereocenters. The molecule has 0 fully saturated rings. The van der Waals surface area contributed by atoms with Crippen molar-refractivity contribution in [2.45, 2.75) is 0 Å². The average Bonchev–Trinajstić information content (AvgIpc) is 4.10. The Labute approximate surface area is 389 Å². The molecule has 0 bridgehead atoms. The van der Waals surface area contributed by atoms with E-state index >= 15 is 0 Å². The number of para-hydroxylation sites is 1. The highest BCUT2D eigenvalue weighted by atomic mass is 32.1. The molecule has 0 spiro atoms. The third-order valence-electron chi connectivity index (χ3n) is 13.5. The quantitative estimate of drug-likeness (QED) is 0.167. The van der Waals surface area contributed by atoms with E-state index in [1.807, 2.05) is 0 Å². The molecule has 312 valence electrons. The molecular weight excluding hydrogens is 833 g/mol. The molecule has 4 aromatic heterocycles. The van der Waals surface area contributed by atoms with E-state index in [2.05, 4.69) is 240 Å². The highest BCUT2D eigenvalue weighted by Crippen LogP contribution is 2.45. The van der Waals surface area contributed by atoms with E-state index in [1.54, 1.807) is 11.3 Å². The number of fused-ring (bicyclic) bond motifs is 11. The molecule has 4 nitrogen and oxygen atoms in total. The van der Waals surface area contributed by atoms with Crippen LogP contribution in [0.2, 0.25) is 0 Å². The van der Waals surface area contributed by atoms with Gasteiger partial charge >= 0.3 is 0 Å². The maximum absolute atomic E-state index is 5.61. The highest BCUT2D eigenvalue weighted by Gasteiger charge is 2.23. The second-order valence-electron chi connectivity index (χ2n) is 17.3. The van der Waals surface area contributed by atoms with Gasteiger partial charge in [0.1, 0.15) is 0 Å². The Balaban J connectivity index is 1.04. The number of aromatic nitrogens is 4. The van der Waals surface area contributed by atoms with Gasteiger partial charge in [-0.15, -0.1) is 11.3 Å². The van der Waals surface area contributed by atoms with Crippen LogP contribution in [0.15, 0.2) is 231 Å². The van der Waals surface area contributed by atoms with Crippen molar-refractivity contribution in [1.29, 1.82) is 0 Å². The minimum atomic E-state index is 0.649. The predicted molar refractivity (Wildman–Crippen MR) is 283 cm³/mol. The first-order valence-corrected chi connectivity index (χ1v) is 23.5. The van der Waals surface area contributed by atoms with Crippen LogP contribution in [0.1, 0.15) is 0 Å². The van der Waals surface area contributed by atoms with Gasteiger partial charge in [0.15, 0.2) is 0 Å². The smallest absolute Gasteiger partial charge is 0.235 e. The Morgan fingerprint density at radius 1 is 0.358 bits per heavy atom. The van der Waals surface area contributed by atoms with Crippen LogP contribution in [-0.4, -0.2) is 19.1 Å². The molecule has 4 heterocycles. The van der Waals surface area contributed by atoms with E-state index in [0.29, 0.717) is 5.95 Å². The van der Waals surface area contributed by atoms with Crippen LogP contribution in [0.5, 0.6) is 0 Å². The summed E-state index contributed by atoms with van der Waals surface area (Å²) < 4.78 is 5.80. The largest absolute Gasteiger partial charge is 0.309 e. The molecule has 0 saturated heterocycles. The lowest BCUT2D eigenvalue weighted by Crippen LogP contribution is -2.03. The molecule has 0 aliphatic heterocycles. The van der Waals surface area contributed by atoms with Crippen molar-refractivity contribution in [3.05, 3.63) is 231 Å². The molecule has 10 aromatic carbocycles. The second-order valence-corrected chi connectivity index (χ2v) is 18.4. The zero-order chi connectivity index (χ0) is 44.0. The summed E-state index contributed by atoms with van der Waals surface area (Å²) >= 11 is 1.75. The van der Waals surface area contributed by atoms with Crippen LogP contribution in [0.25, 0.3) is 131 Å². The molecule has 0 aliphatic carbocycles. The topological polar surface area (TPSA) is 35.6 Å². The third kappa shape index (κ3) is 5.92. The van der Waals surface area contributed by atoms with Crippen LogP contribution in [0.3, 0.4) is 0 Å². The number of nitrogens with zero attached hydrogens (tertiary/aromatic N) is 4. The van der Waals surface area contributed by atoms with E-state index in [9.17, 15) is 0 Å². The van der Waals surface area contributed by atoms with Crippen molar-refractivity contribution < 1.29 is 0 Å². The lowest BCUT2D eigenvalue weighted by Gasteiger charge is -2.12. The first-order valence-electron chi connectivity index (χ1n) is 22.7. The number of hydrogen-bond acceptors (Lipinski definition) is 3. The molecule has 14 rings (SSSR count). The standard InChI is InChI=1S/C62H38N4S/c1-4-15-39(16-5-1)40-27-29-44(30-28-40)59-61-52(38-56(67-61)43-19-6-2-7-20-43)63-62(64-59)66-53-35-33-45(37-51(53)50-34-31-42-18-11-13-24-49(42)60(50)66)48-25-14-26-54-58(48)57-47-23-12-10-17-41(47)32-36-55(57)65(54)46-21-8-3-9-22-46/h1-38H. The number of hydrogen-bond donors (Lipinski definition) is 0. The molecule has 0 radical (unpaired) electrons. The zero-order valence-electron chi connectivity index (χ0n) is 36.1. The Hall–Kier alpha value is -8.64. The van der Waals surface area contributed by atoms with Crippen LogP contribution < -0.4 is 0 Å². The summed E-state index contributed by atoms with van der Waals surface area (Å²) in [5, 5.41) is 9.62. The first-order chi connectivity index (χ1) is 33.2. The highest BCUT2D eigenvalue weighted by molar-refractivity contribution is 7.22. The van der Waals surface area contributed by atoms with Crippen molar-refractivity contribution in [3.63, 3.8) is 0 Å². The van der Waals surface area contributed by atoms with Crippen molar-refractivity contribution in [2.24, 2.45) is 0 Å². The summed E-state index contributed by atoms with van der Waals surface area (Å²) in [6, 6.07) is 83.3. The Morgan fingerprint density at radius 3 is 1.76 bits per heavy atom. The zero-order valence-corrected chi connectivity index (χ0v) is 37.0. The first kappa shape index (κ1) is 37.7. The Morgan fingerprint density at radius 2 is 0.970 bits per heavy atom. The summed E-state index contributed by atoms with van der Waals surface area (Å²) in [5.41, 5.74) is 14.5. The van der Waals surface area contributed by atoms with Crippen LogP contribution in [0.4, 0.5) is 0 Å². The molecule has 0 saturated carbocycles. The number of benzene rings is 10. The van der Waals surface area contributed by atoms with Gasteiger partial charge in [-0.1, -0.05) is 188 Å². The fourth-order valence-corrected chi connectivity index (χ4v) is 11.6. The van der Waals surface area contributed by atoms with Crippen LogP contribution in [-0.2, 0) is 0 Å². The van der Waals surface area contributed by atoms with Crippen molar-refractivity contribution in [3.8, 4) is 55.6 Å². The van der Waals surface area contributed by atoms with Crippen molar-refractivity contribution >= 4 is 86.7 Å². The van der Waals surface area contributed by atoms with E-state index in [4.69, 9.17) is 9.97 Å². The Bertz CT molecular complexity index is 4240. The average molecular weight is 871 g/mol. The molecule has 5 heteroatoms. The lowest BCUT2D eigenvalue weighted by atomic mass is 9.95. The molecule has 0 aliphatic rings. The van der Waals surface area contributed by atoms with Crippen LogP contribution in [0, 0.1) is 0 Å². The molecule has 0 unspecified atom stereocenters. The maximum atomic E-state index is 5.61. The Kier molecular flexibility index (Phi) is 8.42. The van der Waals surface area contributed by atoms with Gasteiger partial charge in [-0.3, -0.25) is 4.57 Å². The second kappa shape index (κ2) is 15.0. The van der Waals surface area contributed by atoms with Gasteiger partial charge in [0.25, 0.3) is 0 Å². The normalized spacial score (nSPS) is 11.9. The SMILES string of the molecule is c1ccc(-c2ccc(-c3nc(-n4c5ccc(-c6cccc7c6c6c8ccccc8ccc6n7-c6ccccc6)cc5c5ccc6ccccc6c54)nc4cc(-c5ccccc5)sc34)cc2)cc1. The molecule has 0 amide bonds. The van der Waals surface area contributed by atoms with Gasteiger partial charge in [0.05, 0.1) is 38.0 Å². The van der Waals surface area contributed by atoms with Crippen molar-refractivity contribution in [1.82, 2.24) is 19.1 Å². The van der Waals surface area contributed by atoms with Crippen molar-refractivity contribution in [2.75, 3.05) is 0 Å². The van der Waals surface area contributed by atoms with Gasteiger partial charge in [-0.2, -0.15) is 0 Å². The maximum Gasteiger partial charge on any atom is 0.235 e. The van der Waals surface area contributed by atoms with E-state index in [-0.39, 0.29) is 0 Å². The third-order valence-corrected chi connectivity index (χ3v) is 14.7. The predicted octanol–water partition coefficient (Wildman–Crippen LogP) is 16.9. The molecule has 14 aromatic rings. The van der Waals surface area contributed by atoms with Gasteiger partial charge in [-0.25, -0.2) is 9.97 Å². The van der Waals surface area contributed by atoms with Gasteiger partial charge in [0, 0.05) is 43.1 Å². The van der Waals surface area contributed by atoms with E-state index < -0.39 is 0 Å². The van der Waals surface area contributed by atoms with Crippen LogP contribution >= 0.6 is 11.3 Å². The fraction of sp³-hybridized carbons (Fsp3) is 0. The molecule has 67 heavy (non-hydrogen) atoms. The number of thiophene rings is 1. The fourth-order valence-electron chi connectivity index (χ4n) is 10.5. The summed E-state index contributed by atoms with van der Waals surface area (Å²) in [4.78, 5) is 12.3.